The summed E-state index contributed by atoms with van der Waals surface area (Å²) in [7, 11) is 0. The van der Waals surface area contributed by atoms with Gasteiger partial charge in [0.15, 0.2) is 0 Å². The predicted molar refractivity (Wildman–Crippen MR) is 45.6 cm³/mol. The summed E-state index contributed by atoms with van der Waals surface area (Å²) in [6, 6.07) is 5.21. The lowest BCUT2D eigenvalue weighted by atomic mass is 10.3. The summed E-state index contributed by atoms with van der Waals surface area (Å²) in [6.07, 6.45) is 0. The van der Waals surface area contributed by atoms with Crippen LogP contribution in [0.3, 0.4) is 0 Å². The van der Waals surface area contributed by atoms with Crippen molar-refractivity contribution in [2.75, 3.05) is 0 Å². The maximum Gasteiger partial charge on any atom is 0.303 e. The van der Waals surface area contributed by atoms with E-state index in [1.54, 1.807) is 18.2 Å². The highest BCUT2D eigenvalue weighted by Gasteiger charge is 1.98. The molecule has 0 fully saturated rings. The van der Waals surface area contributed by atoms with Crippen molar-refractivity contribution in [3.63, 3.8) is 0 Å². The minimum absolute atomic E-state index is 0.103. The van der Waals surface area contributed by atoms with Crippen molar-refractivity contribution in [3.05, 3.63) is 29.6 Å². The maximum atomic E-state index is 10.5. The zero-order valence-corrected chi connectivity index (χ0v) is 7.36. The average Bonchev–Trinajstić information content (AvgIpc) is 2.15. The minimum Gasteiger partial charge on any atom is -0.459 e. The van der Waals surface area contributed by atoms with Crippen molar-refractivity contribution in [1.29, 1.82) is 0 Å². The summed E-state index contributed by atoms with van der Waals surface area (Å²) in [6.45, 7) is 1.40. The lowest BCUT2D eigenvalue weighted by Gasteiger charge is -2.02. The third-order valence-corrected chi connectivity index (χ3v) is 1.45. The van der Waals surface area contributed by atoms with E-state index in [9.17, 15) is 4.79 Å². The van der Waals surface area contributed by atoms with E-state index in [-0.39, 0.29) is 19.2 Å². The molecule has 0 aliphatic carbocycles. The zero-order valence-electron chi connectivity index (χ0n) is 7.36. The Morgan fingerprint density at radius 3 is 2.85 bits per heavy atom. The standard InChI is InChI=1S/C9H11NO3/c1-7(12)13-6-9-4-2-3-8(5-11)10-9/h2-4,11H,5-6H2,1H3. The van der Waals surface area contributed by atoms with Crippen molar-refractivity contribution < 1.29 is 14.6 Å². The smallest absolute Gasteiger partial charge is 0.303 e. The molecular formula is C9H11NO3. The molecule has 0 aliphatic rings. The number of carbonyl (C=O) groups is 1. The summed E-state index contributed by atoms with van der Waals surface area (Å²) < 4.78 is 4.74. The van der Waals surface area contributed by atoms with Crippen LogP contribution in [0.2, 0.25) is 0 Å². The van der Waals surface area contributed by atoms with Crippen LogP contribution in [0.5, 0.6) is 0 Å². The van der Waals surface area contributed by atoms with Gasteiger partial charge >= 0.3 is 5.97 Å². The van der Waals surface area contributed by atoms with Crippen LogP contribution in [0.4, 0.5) is 0 Å². The zero-order chi connectivity index (χ0) is 9.68. The molecule has 1 N–H and O–H groups in total. The van der Waals surface area contributed by atoms with Gasteiger partial charge in [0.25, 0.3) is 0 Å². The van der Waals surface area contributed by atoms with Gasteiger partial charge in [-0.3, -0.25) is 9.78 Å². The first-order valence-corrected chi connectivity index (χ1v) is 3.91. The normalized spacial score (nSPS) is 9.69. The van der Waals surface area contributed by atoms with Crippen LogP contribution in [0.1, 0.15) is 18.3 Å². The Bertz CT molecular complexity index is 299. The Morgan fingerprint density at radius 1 is 1.54 bits per heavy atom. The first-order valence-electron chi connectivity index (χ1n) is 3.91. The van der Waals surface area contributed by atoms with Gasteiger partial charge in [-0.05, 0) is 12.1 Å². The Kier molecular flexibility index (Phi) is 3.40. The van der Waals surface area contributed by atoms with E-state index in [1.165, 1.54) is 6.92 Å². The summed E-state index contributed by atoms with van der Waals surface area (Å²) in [5.41, 5.74) is 1.21. The number of nitrogens with zero attached hydrogens (tertiary/aromatic N) is 1. The Hall–Kier alpha value is -1.42. The number of aliphatic hydroxyl groups excluding tert-OH is 1. The molecule has 0 aliphatic heterocycles. The highest BCUT2D eigenvalue weighted by Crippen LogP contribution is 2.01. The molecule has 1 heterocycles. The number of aliphatic hydroxyl groups is 1. The summed E-state index contributed by atoms with van der Waals surface area (Å²) >= 11 is 0. The molecule has 4 heteroatoms. The first-order chi connectivity index (χ1) is 6.22. The van der Waals surface area contributed by atoms with E-state index >= 15 is 0 Å². The Balaban J connectivity index is 2.61. The van der Waals surface area contributed by atoms with E-state index in [4.69, 9.17) is 9.84 Å². The van der Waals surface area contributed by atoms with Gasteiger partial charge in [0.2, 0.25) is 0 Å². The first kappa shape index (κ1) is 9.67. The molecular weight excluding hydrogens is 170 g/mol. The number of aromatic nitrogens is 1. The van der Waals surface area contributed by atoms with Crippen molar-refractivity contribution >= 4 is 5.97 Å². The van der Waals surface area contributed by atoms with E-state index in [0.717, 1.165) is 0 Å². The van der Waals surface area contributed by atoms with Gasteiger partial charge < -0.3 is 9.84 Å². The number of carbonyl (C=O) groups excluding carboxylic acids is 1. The molecule has 1 aromatic heterocycles. The van der Waals surface area contributed by atoms with E-state index in [2.05, 4.69) is 4.98 Å². The molecule has 0 saturated heterocycles. The topological polar surface area (TPSA) is 59.4 Å². The molecule has 13 heavy (non-hydrogen) atoms. The molecule has 0 unspecified atom stereocenters. The predicted octanol–water partition coefficient (Wildman–Crippen LogP) is 0.637. The second kappa shape index (κ2) is 4.57. The van der Waals surface area contributed by atoms with Crippen LogP contribution in [-0.4, -0.2) is 16.1 Å². The number of esters is 1. The van der Waals surface area contributed by atoms with Crippen LogP contribution in [0.15, 0.2) is 18.2 Å². The monoisotopic (exact) mass is 181 g/mol. The fourth-order valence-electron chi connectivity index (χ4n) is 0.873. The third kappa shape index (κ3) is 3.21. The third-order valence-electron chi connectivity index (χ3n) is 1.45. The Labute approximate surface area is 76.2 Å². The summed E-state index contributed by atoms with van der Waals surface area (Å²) in [5.74, 6) is -0.337. The lowest BCUT2D eigenvalue weighted by molar-refractivity contribution is -0.142. The molecule has 0 aromatic carbocycles. The molecule has 0 bridgehead atoms. The molecule has 4 nitrogen and oxygen atoms in total. The summed E-state index contributed by atoms with van der Waals surface area (Å²) in [4.78, 5) is 14.5. The minimum atomic E-state index is -0.337. The van der Waals surface area contributed by atoms with Crippen LogP contribution < -0.4 is 0 Å². The van der Waals surface area contributed by atoms with Gasteiger partial charge in [0.1, 0.15) is 6.61 Å². The fourth-order valence-corrected chi connectivity index (χ4v) is 0.873. The second-order valence-electron chi connectivity index (χ2n) is 2.56. The number of ether oxygens (including phenoxy) is 1. The van der Waals surface area contributed by atoms with Gasteiger partial charge in [-0.25, -0.2) is 0 Å². The van der Waals surface area contributed by atoms with Crippen LogP contribution in [0, 0.1) is 0 Å². The quantitative estimate of drug-likeness (QED) is 0.695. The molecule has 0 atom stereocenters. The lowest BCUT2D eigenvalue weighted by Crippen LogP contribution is -2.02. The number of hydrogen-bond acceptors (Lipinski definition) is 4. The van der Waals surface area contributed by atoms with E-state index in [1.807, 2.05) is 0 Å². The van der Waals surface area contributed by atoms with E-state index in [0.29, 0.717) is 11.4 Å². The molecule has 70 valence electrons. The van der Waals surface area contributed by atoms with Gasteiger partial charge in [-0.15, -0.1) is 0 Å². The van der Waals surface area contributed by atoms with Crippen LogP contribution in [-0.2, 0) is 22.7 Å². The molecule has 0 saturated carbocycles. The molecule has 0 spiro atoms. The van der Waals surface area contributed by atoms with Gasteiger partial charge in [-0.1, -0.05) is 6.07 Å². The van der Waals surface area contributed by atoms with Crippen molar-refractivity contribution in [3.8, 4) is 0 Å². The van der Waals surface area contributed by atoms with Gasteiger partial charge in [0, 0.05) is 6.92 Å². The van der Waals surface area contributed by atoms with Crippen LogP contribution >= 0.6 is 0 Å². The van der Waals surface area contributed by atoms with Crippen molar-refractivity contribution in [2.45, 2.75) is 20.1 Å². The number of rotatable bonds is 3. The van der Waals surface area contributed by atoms with E-state index < -0.39 is 0 Å². The van der Waals surface area contributed by atoms with Crippen molar-refractivity contribution in [1.82, 2.24) is 4.98 Å². The Morgan fingerprint density at radius 2 is 2.23 bits per heavy atom. The molecule has 0 radical (unpaired) electrons. The fraction of sp³-hybridized carbons (Fsp3) is 0.333. The van der Waals surface area contributed by atoms with Crippen molar-refractivity contribution in [2.24, 2.45) is 0 Å². The average molecular weight is 181 g/mol. The highest BCUT2D eigenvalue weighted by molar-refractivity contribution is 5.65. The molecule has 0 amide bonds. The second-order valence-corrected chi connectivity index (χ2v) is 2.56. The number of hydrogen-bond donors (Lipinski definition) is 1. The molecule has 1 rings (SSSR count). The van der Waals surface area contributed by atoms with Crippen LogP contribution in [0.25, 0.3) is 0 Å². The maximum absolute atomic E-state index is 10.5. The SMILES string of the molecule is CC(=O)OCc1cccc(CO)n1. The molecule has 1 aromatic rings. The van der Waals surface area contributed by atoms with Gasteiger partial charge in [-0.2, -0.15) is 0 Å². The highest BCUT2D eigenvalue weighted by atomic mass is 16.5. The number of pyridine rings is 1. The summed E-state index contributed by atoms with van der Waals surface area (Å²) in [5, 5.41) is 8.77. The largest absolute Gasteiger partial charge is 0.459 e. The van der Waals surface area contributed by atoms with Gasteiger partial charge in [0.05, 0.1) is 18.0 Å².